The highest BCUT2D eigenvalue weighted by Gasteiger charge is 2.15. The van der Waals surface area contributed by atoms with E-state index in [2.05, 4.69) is 5.32 Å². The second-order valence-electron chi connectivity index (χ2n) is 7.32. The van der Waals surface area contributed by atoms with Crippen molar-refractivity contribution in [3.8, 4) is 0 Å². The lowest BCUT2D eigenvalue weighted by atomic mass is 10.1. The highest BCUT2D eigenvalue weighted by molar-refractivity contribution is 5.71. The molecule has 1 heterocycles. The first kappa shape index (κ1) is 24.3. The van der Waals surface area contributed by atoms with Gasteiger partial charge in [-0.2, -0.15) is 0 Å². The number of nitrogens with one attached hydrogen (secondary N) is 1. The Kier molecular flexibility index (Phi) is 13.7. The molecule has 1 aliphatic heterocycles. The number of hydrogen-bond donors (Lipinski definition) is 1. The van der Waals surface area contributed by atoms with Gasteiger partial charge in [0, 0.05) is 25.8 Å². The standard InChI is InChI=1S/C19H37NO7/c1-19(2,3)27-18(21)16-26-15-14-25-13-12-24-11-10-23-9-6-20-17-4-7-22-8-5-17/h17,20H,4-16H2,1-3H3. The maximum atomic E-state index is 11.4. The molecule has 8 nitrogen and oxygen atoms in total. The quantitative estimate of drug-likeness (QED) is 0.329. The van der Waals surface area contributed by atoms with Crippen LogP contribution in [-0.2, 0) is 33.2 Å². The summed E-state index contributed by atoms with van der Waals surface area (Å²) < 4.78 is 32.0. The van der Waals surface area contributed by atoms with Crippen molar-refractivity contribution < 1.29 is 33.2 Å². The van der Waals surface area contributed by atoms with Gasteiger partial charge in [0.25, 0.3) is 0 Å². The molecule has 27 heavy (non-hydrogen) atoms. The maximum absolute atomic E-state index is 11.4. The first-order valence-corrected chi connectivity index (χ1v) is 9.81. The van der Waals surface area contributed by atoms with Crippen LogP contribution in [0.4, 0.5) is 0 Å². The summed E-state index contributed by atoms with van der Waals surface area (Å²) in [7, 11) is 0. The van der Waals surface area contributed by atoms with Crippen LogP contribution in [0.1, 0.15) is 33.6 Å². The fourth-order valence-electron chi connectivity index (χ4n) is 2.42. The third-order valence-corrected chi connectivity index (χ3v) is 3.66. The van der Waals surface area contributed by atoms with Crippen molar-refractivity contribution in [3.05, 3.63) is 0 Å². The highest BCUT2D eigenvalue weighted by atomic mass is 16.6. The van der Waals surface area contributed by atoms with E-state index in [0.717, 1.165) is 32.6 Å². The van der Waals surface area contributed by atoms with Crippen LogP contribution in [0.3, 0.4) is 0 Å². The topological polar surface area (TPSA) is 84.5 Å². The van der Waals surface area contributed by atoms with Crippen LogP contribution in [0, 0.1) is 0 Å². The Morgan fingerprint density at radius 3 is 1.96 bits per heavy atom. The summed E-state index contributed by atoms with van der Waals surface area (Å²) in [4.78, 5) is 11.4. The summed E-state index contributed by atoms with van der Waals surface area (Å²) in [6.07, 6.45) is 2.16. The predicted molar refractivity (Wildman–Crippen MR) is 101 cm³/mol. The molecule has 0 aromatic carbocycles. The number of esters is 1. The number of carbonyl (C=O) groups excluding carboxylic acids is 1. The van der Waals surface area contributed by atoms with Crippen LogP contribution < -0.4 is 5.32 Å². The van der Waals surface area contributed by atoms with Gasteiger partial charge in [0.15, 0.2) is 0 Å². The molecule has 0 unspecified atom stereocenters. The zero-order valence-electron chi connectivity index (χ0n) is 17.1. The lowest BCUT2D eigenvalue weighted by molar-refractivity contribution is -0.160. The van der Waals surface area contributed by atoms with Crippen LogP contribution in [0.25, 0.3) is 0 Å². The van der Waals surface area contributed by atoms with E-state index in [1.165, 1.54) is 0 Å². The van der Waals surface area contributed by atoms with Crippen molar-refractivity contribution >= 4 is 5.97 Å². The van der Waals surface area contributed by atoms with Gasteiger partial charge in [-0.3, -0.25) is 0 Å². The first-order valence-electron chi connectivity index (χ1n) is 9.81. The SMILES string of the molecule is CC(C)(C)OC(=O)COCCOCCOCCOCCNC1CCOCC1. The van der Waals surface area contributed by atoms with E-state index in [0.29, 0.717) is 52.3 Å². The molecule has 0 aromatic heterocycles. The van der Waals surface area contributed by atoms with E-state index in [9.17, 15) is 4.79 Å². The van der Waals surface area contributed by atoms with Crippen molar-refractivity contribution in [2.75, 3.05) is 72.6 Å². The molecular weight excluding hydrogens is 354 g/mol. The third-order valence-electron chi connectivity index (χ3n) is 3.66. The Morgan fingerprint density at radius 1 is 0.889 bits per heavy atom. The summed E-state index contributed by atoms with van der Waals surface area (Å²) in [5, 5.41) is 3.47. The van der Waals surface area contributed by atoms with Crippen LogP contribution in [-0.4, -0.2) is 90.2 Å². The lowest BCUT2D eigenvalue weighted by Crippen LogP contribution is -2.36. The van der Waals surface area contributed by atoms with E-state index in [1.807, 2.05) is 20.8 Å². The fraction of sp³-hybridized carbons (Fsp3) is 0.947. The Balaban J connectivity index is 1.73. The second-order valence-corrected chi connectivity index (χ2v) is 7.32. The molecule has 0 aliphatic carbocycles. The summed E-state index contributed by atoms with van der Waals surface area (Å²) in [6, 6.07) is 0.559. The van der Waals surface area contributed by atoms with Crippen molar-refractivity contribution in [2.45, 2.75) is 45.3 Å². The molecule has 8 heteroatoms. The molecule has 0 aromatic rings. The Morgan fingerprint density at radius 2 is 1.41 bits per heavy atom. The number of carbonyl (C=O) groups is 1. The summed E-state index contributed by atoms with van der Waals surface area (Å²) in [6.45, 7) is 11.6. The van der Waals surface area contributed by atoms with Gasteiger partial charge >= 0.3 is 5.97 Å². The minimum absolute atomic E-state index is 0.0577. The van der Waals surface area contributed by atoms with Gasteiger partial charge in [0.05, 0.1) is 46.2 Å². The molecular formula is C19H37NO7. The fourth-order valence-corrected chi connectivity index (χ4v) is 2.42. The zero-order valence-corrected chi connectivity index (χ0v) is 17.1. The van der Waals surface area contributed by atoms with E-state index < -0.39 is 5.60 Å². The molecule has 0 spiro atoms. The first-order chi connectivity index (χ1) is 13.0. The monoisotopic (exact) mass is 391 g/mol. The maximum Gasteiger partial charge on any atom is 0.332 e. The summed E-state index contributed by atoms with van der Waals surface area (Å²) in [5.74, 6) is -0.367. The normalized spacial score (nSPS) is 15.8. The molecule has 0 bridgehead atoms. The minimum atomic E-state index is -0.487. The Hall–Kier alpha value is -0.770. The smallest absolute Gasteiger partial charge is 0.332 e. The van der Waals surface area contributed by atoms with Crippen molar-refractivity contribution in [1.82, 2.24) is 5.32 Å². The number of hydrogen-bond acceptors (Lipinski definition) is 8. The van der Waals surface area contributed by atoms with E-state index in [4.69, 9.17) is 28.4 Å². The van der Waals surface area contributed by atoms with Crippen LogP contribution in [0.2, 0.25) is 0 Å². The molecule has 0 atom stereocenters. The van der Waals surface area contributed by atoms with Crippen molar-refractivity contribution in [2.24, 2.45) is 0 Å². The van der Waals surface area contributed by atoms with Gasteiger partial charge in [0.1, 0.15) is 12.2 Å². The van der Waals surface area contributed by atoms with Crippen LogP contribution in [0.5, 0.6) is 0 Å². The minimum Gasteiger partial charge on any atom is -0.458 e. The third kappa shape index (κ3) is 15.9. The largest absolute Gasteiger partial charge is 0.458 e. The molecule has 1 saturated heterocycles. The molecule has 0 amide bonds. The van der Waals surface area contributed by atoms with Gasteiger partial charge in [-0.15, -0.1) is 0 Å². The molecule has 160 valence electrons. The van der Waals surface area contributed by atoms with Gasteiger partial charge in [-0.1, -0.05) is 0 Å². The van der Waals surface area contributed by atoms with Crippen molar-refractivity contribution in [3.63, 3.8) is 0 Å². The second kappa shape index (κ2) is 15.2. The Labute approximate surface area is 163 Å². The molecule has 0 saturated carbocycles. The van der Waals surface area contributed by atoms with Crippen molar-refractivity contribution in [1.29, 1.82) is 0 Å². The van der Waals surface area contributed by atoms with Gasteiger partial charge in [0.2, 0.25) is 0 Å². The zero-order chi connectivity index (χ0) is 19.8. The summed E-state index contributed by atoms with van der Waals surface area (Å²) >= 11 is 0. The van der Waals surface area contributed by atoms with E-state index >= 15 is 0 Å². The average Bonchev–Trinajstić information content (AvgIpc) is 2.61. The molecule has 1 N–H and O–H groups in total. The molecule has 1 fully saturated rings. The number of ether oxygens (including phenoxy) is 6. The lowest BCUT2D eigenvalue weighted by Gasteiger charge is -2.23. The van der Waals surface area contributed by atoms with Gasteiger partial charge in [-0.05, 0) is 33.6 Å². The molecule has 0 radical (unpaired) electrons. The van der Waals surface area contributed by atoms with E-state index in [-0.39, 0.29) is 12.6 Å². The Bertz CT molecular complexity index is 368. The predicted octanol–water partition coefficient (Wildman–Crippen LogP) is 1.16. The molecule has 1 rings (SSSR count). The average molecular weight is 392 g/mol. The van der Waals surface area contributed by atoms with Gasteiger partial charge < -0.3 is 33.7 Å². The van der Waals surface area contributed by atoms with Crippen LogP contribution in [0.15, 0.2) is 0 Å². The summed E-state index contributed by atoms with van der Waals surface area (Å²) in [5.41, 5.74) is -0.487. The van der Waals surface area contributed by atoms with Gasteiger partial charge in [-0.25, -0.2) is 4.79 Å². The molecule has 1 aliphatic rings. The van der Waals surface area contributed by atoms with E-state index in [1.54, 1.807) is 0 Å². The number of rotatable bonds is 15. The van der Waals surface area contributed by atoms with Crippen LogP contribution >= 0.6 is 0 Å². The highest BCUT2D eigenvalue weighted by Crippen LogP contribution is 2.06.